The van der Waals surface area contributed by atoms with E-state index in [0.29, 0.717) is 0 Å². The van der Waals surface area contributed by atoms with E-state index in [0.717, 1.165) is 33.4 Å². The number of allylic oxidation sites excluding steroid dienone is 10. The summed E-state index contributed by atoms with van der Waals surface area (Å²) in [5.74, 6) is 0.181. The van der Waals surface area contributed by atoms with Gasteiger partial charge in [0.15, 0.2) is 11.6 Å². The molecule has 92 valence electrons. The number of hydrogen-bond donors (Lipinski definition) is 0. The van der Waals surface area contributed by atoms with Crippen LogP contribution in [0.15, 0.2) is 57.7 Å². The smallest absolute Gasteiger partial charge is 0.184 e. The SMILES string of the molecule is CC1=CC(=C2C=C(C)C(=O)C(C)=C2)C=C(C)C1=O. The first kappa shape index (κ1) is 12.5. The summed E-state index contributed by atoms with van der Waals surface area (Å²) in [4.78, 5) is 23.4. The molecule has 0 saturated carbocycles. The molecule has 0 aromatic heterocycles. The molecule has 0 spiro atoms. The molecule has 2 aliphatic rings. The maximum atomic E-state index is 11.7. The summed E-state index contributed by atoms with van der Waals surface area (Å²) in [5, 5.41) is 0. The summed E-state index contributed by atoms with van der Waals surface area (Å²) in [7, 11) is 0. The molecule has 2 heteroatoms. The van der Waals surface area contributed by atoms with Crippen molar-refractivity contribution in [1.29, 1.82) is 0 Å². The van der Waals surface area contributed by atoms with Crippen molar-refractivity contribution in [3.05, 3.63) is 57.7 Å². The summed E-state index contributed by atoms with van der Waals surface area (Å²) in [6.07, 6.45) is 7.53. The van der Waals surface area contributed by atoms with Crippen molar-refractivity contribution in [2.75, 3.05) is 0 Å². The zero-order valence-electron chi connectivity index (χ0n) is 11.1. The molecule has 0 amide bonds. The van der Waals surface area contributed by atoms with Gasteiger partial charge < -0.3 is 0 Å². The average Bonchev–Trinajstić information content (AvgIpc) is 2.31. The third-order valence-electron chi connectivity index (χ3n) is 3.25. The van der Waals surface area contributed by atoms with Gasteiger partial charge in [0.25, 0.3) is 0 Å². The molecule has 2 nitrogen and oxygen atoms in total. The van der Waals surface area contributed by atoms with Gasteiger partial charge in [-0.25, -0.2) is 0 Å². The van der Waals surface area contributed by atoms with Crippen molar-refractivity contribution in [3.8, 4) is 0 Å². The van der Waals surface area contributed by atoms with Crippen LogP contribution < -0.4 is 0 Å². The van der Waals surface area contributed by atoms with Crippen molar-refractivity contribution in [2.24, 2.45) is 0 Å². The molecule has 0 saturated heterocycles. The van der Waals surface area contributed by atoms with Crippen LogP contribution >= 0.6 is 0 Å². The maximum absolute atomic E-state index is 11.7. The first-order valence-corrected chi connectivity index (χ1v) is 5.97. The minimum Gasteiger partial charge on any atom is -0.289 e. The van der Waals surface area contributed by atoms with Gasteiger partial charge >= 0.3 is 0 Å². The second kappa shape index (κ2) is 4.37. The second-order valence-corrected chi connectivity index (χ2v) is 4.88. The summed E-state index contributed by atoms with van der Waals surface area (Å²) in [6.45, 7) is 7.28. The van der Waals surface area contributed by atoms with E-state index < -0.39 is 0 Å². The number of carbonyl (C=O) groups excluding carboxylic acids is 2. The molecule has 18 heavy (non-hydrogen) atoms. The van der Waals surface area contributed by atoms with Crippen LogP contribution in [0, 0.1) is 0 Å². The summed E-state index contributed by atoms with van der Waals surface area (Å²) in [5.41, 5.74) is 4.96. The number of Topliss-reactive ketones (excluding diaryl/α,β-unsaturated/α-hetero) is 2. The molecule has 2 aliphatic carbocycles. The van der Waals surface area contributed by atoms with Gasteiger partial charge in [0.2, 0.25) is 0 Å². The molecular weight excluding hydrogens is 224 g/mol. The highest BCUT2D eigenvalue weighted by Crippen LogP contribution is 2.26. The van der Waals surface area contributed by atoms with Crippen molar-refractivity contribution in [3.63, 3.8) is 0 Å². The monoisotopic (exact) mass is 240 g/mol. The molecule has 0 N–H and O–H groups in total. The van der Waals surface area contributed by atoms with E-state index in [9.17, 15) is 9.59 Å². The van der Waals surface area contributed by atoms with E-state index in [2.05, 4.69) is 0 Å². The normalized spacial score (nSPS) is 20.4. The van der Waals surface area contributed by atoms with Gasteiger partial charge in [-0.05, 0) is 85.4 Å². The fourth-order valence-corrected chi connectivity index (χ4v) is 2.23. The molecule has 0 heterocycles. The lowest BCUT2D eigenvalue weighted by Crippen LogP contribution is -2.09. The van der Waals surface area contributed by atoms with Crippen LogP contribution in [0.2, 0.25) is 0 Å². The fourth-order valence-electron chi connectivity index (χ4n) is 2.23. The molecule has 0 unspecified atom stereocenters. The van der Waals surface area contributed by atoms with E-state index in [1.165, 1.54) is 0 Å². The van der Waals surface area contributed by atoms with Crippen molar-refractivity contribution >= 4 is 11.6 Å². The second-order valence-electron chi connectivity index (χ2n) is 4.88. The van der Waals surface area contributed by atoms with Crippen LogP contribution in [0.25, 0.3) is 0 Å². The Morgan fingerprint density at radius 3 is 1.00 bits per heavy atom. The van der Waals surface area contributed by atoms with Crippen molar-refractivity contribution < 1.29 is 9.59 Å². The minimum atomic E-state index is 0.0904. The minimum absolute atomic E-state index is 0.0904. The first-order valence-electron chi connectivity index (χ1n) is 5.97. The third kappa shape index (κ3) is 2.06. The number of ketones is 2. The first-order chi connectivity index (χ1) is 8.40. The van der Waals surface area contributed by atoms with Crippen LogP contribution in [0.4, 0.5) is 0 Å². The molecule has 0 aromatic carbocycles. The van der Waals surface area contributed by atoms with E-state index >= 15 is 0 Å². The number of carbonyl (C=O) groups is 2. The lowest BCUT2D eigenvalue weighted by Gasteiger charge is -2.15. The molecular formula is C16H16O2. The topological polar surface area (TPSA) is 34.1 Å². The van der Waals surface area contributed by atoms with E-state index in [1.54, 1.807) is 0 Å². The molecule has 0 aliphatic heterocycles. The van der Waals surface area contributed by atoms with Gasteiger partial charge in [0.05, 0.1) is 0 Å². The van der Waals surface area contributed by atoms with Gasteiger partial charge in [-0.1, -0.05) is 0 Å². The predicted molar refractivity (Wildman–Crippen MR) is 72.1 cm³/mol. The van der Waals surface area contributed by atoms with E-state index in [-0.39, 0.29) is 11.6 Å². The Morgan fingerprint density at radius 1 is 0.556 bits per heavy atom. The van der Waals surface area contributed by atoms with E-state index in [1.807, 2.05) is 52.0 Å². The van der Waals surface area contributed by atoms with Crippen molar-refractivity contribution in [2.45, 2.75) is 27.7 Å². The quantitative estimate of drug-likeness (QED) is 0.651. The zero-order valence-corrected chi connectivity index (χ0v) is 11.1. The molecule has 0 aromatic rings. The van der Waals surface area contributed by atoms with Crippen LogP contribution in [0.5, 0.6) is 0 Å². The van der Waals surface area contributed by atoms with Gasteiger partial charge in [-0.15, -0.1) is 0 Å². The highest BCUT2D eigenvalue weighted by Gasteiger charge is 2.18. The van der Waals surface area contributed by atoms with Crippen molar-refractivity contribution in [1.82, 2.24) is 0 Å². The van der Waals surface area contributed by atoms with E-state index in [4.69, 9.17) is 0 Å². The molecule has 0 atom stereocenters. The number of rotatable bonds is 0. The Kier molecular flexibility index (Phi) is 3.04. The predicted octanol–water partition coefficient (Wildman–Crippen LogP) is 3.23. The average molecular weight is 240 g/mol. The van der Waals surface area contributed by atoms with Gasteiger partial charge in [0.1, 0.15) is 0 Å². The summed E-state index contributed by atoms with van der Waals surface area (Å²) in [6, 6.07) is 0. The number of hydrogen-bond acceptors (Lipinski definition) is 2. The van der Waals surface area contributed by atoms with Crippen LogP contribution in [0.1, 0.15) is 27.7 Å². The summed E-state index contributed by atoms with van der Waals surface area (Å²) >= 11 is 0. The van der Waals surface area contributed by atoms with Crippen LogP contribution in [0.3, 0.4) is 0 Å². The summed E-state index contributed by atoms with van der Waals surface area (Å²) < 4.78 is 0. The van der Waals surface area contributed by atoms with Gasteiger partial charge in [0, 0.05) is 0 Å². The molecule has 0 fully saturated rings. The van der Waals surface area contributed by atoms with Crippen LogP contribution in [-0.4, -0.2) is 11.6 Å². The Bertz CT molecular complexity index is 503. The molecule has 2 rings (SSSR count). The zero-order chi connectivity index (χ0) is 13.4. The molecule has 0 bridgehead atoms. The Labute approximate surface area is 107 Å². The highest BCUT2D eigenvalue weighted by atomic mass is 16.1. The van der Waals surface area contributed by atoms with Crippen LogP contribution in [-0.2, 0) is 9.59 Å². The van der Waals surface area contributed by atoms with Gasteiger partial charge in [-0.2, -0.15) is 0 Å². The Morgan fingerprint density at radius 2 is 0.778 bits per heavy atom. The standard InChI is InChI=1S/C16H16O2/c1-9-5-13(6-10(2)15(9)17)14-7-11(3)16(18)12(4)8-14/h5-8H,1-4H3. The fraction of sp³-hybridized carbons (Fsp3) is 0.250. The Hall–Kier alpha value is -1.96. The maximum Gasteiger partial charge on any atom is 0.184 e. The van der Waals surface area contributed by atoms with Gasteiger partial charge in [-0.3, -0.25) is 9.59 Å². The molecule has 0 radical (unpaired) electrons. The lowest BCUT2D eigenvalue weighted by atomic mass is 9.88. The third-order valence-corrected chi connectivity index (χ3v) is 3.25. The largest absolute Gasteiger partial charge is 0.289 e. The highest BCUT2D eigenvalue weighted by molar-refractivity contribution is 6.11. The lowest BCUT2D eigenvalue weighted by molar-refractivity contribution is -0.113. The Balaban J connectivity index is 2.58.